The number of hydrogen-bond donors (Lipinski definition) is 2. The summed E-state index contributed by atoms with van der Waals surface area (Å²) in [6, 6.07) is 5.28. The summed E-state index contributed by atoms with van der Waals surface area (Å²) < 4.78 is 27.7. The van der Waals surface area contributed by atoms with E-state index >= 15 is 0 Å². The van der Waals surface area contributed by atoms with Gasteiger partial charge in [-0.2, -0.15) is 0 Å². The largest absolute Gasteiger partial charge is 0.355 e. The number of rotatable bonds is 11. The van der Waals surface area contributed by atoms with Gasteiger partial charge in [0.25, 0.3) is 0 Å². The van der Waals surface area contributed by atoms with Crippen molar-refractivity contribution in [2.24, 2.45) is 0 Å². The van der Waals surface area contributed by atoms with E-state index in [0.29, 0.717) is 13.1 Å². The van der Waals surface area contributed by atoms with E-state index in [1.165, 1.54) is 10.5 Å². The molecule has 2 rings (SSSR count). The summed E-state index contributed by atoms with van der Waals surface area (Å²) >= 11 is 0. The van der Waals surface area contributed by atoms with Crippen molar-refractivity contribution in [2.75, 3.05) is 26.2 Å². The van der Waals surface area contributed by atoms with E-state index in [4.69, 9.17) is 0 Å². The molecule has 0 spiro atoms. The van der Waals surface area contributed by atoms with Crippen LogP contribution in [0.1, 0.15) is 57.1 Å². The van der Waals surface area contributed by atoms with Crippen LogP contribution in [0, 0.1) is 0 Å². The number of benzene rings is 1. The minimum absolute atomic E-state index is 0.00421. The zero-order valence-electron chi connectivity index (χ0n) is 17.5. The molecule has 1 aliphatic carbocycles. The van der Waals surface area contributed by atoms with Gasteiger partial charge >= 0.3 is 0 Å². The molecular weight excluding hydrogens is 390 g/mol. The standard InChI is InChI=1S/C21H33N3O4S/c1-3-12-22-20(25)16-24(14-4-2)21(26)11-13-23-29(27,28)19-10-9-17-7-5-6-8-18(17)15-19/h9-10,15,23H,3-8,11-14,16H2,1-2H3,(H,22,25). The second-order valence-electron chi connectivity index (χ2n) is 7.45. The molecule has 0 saturated carbocycles. The second kappa shape index (κ2) is 11.3. The maximum atomic E-state index is 12.6. The van der Waals surface area contributed by atoms with Crippen LogP contribution in [0.5, 0.6) is 0 Å². The molecule has 0 heterocycles. The lowest BCUT2D eigenvalue weighted by Gasteiger charge is -2.22. The number of nitrogens with one attached hydrogen (secondary N) is 2. The number of nitrogens with zero attached hydrogens (tertiary/aromatic N) is 1. The van der Waals surface area contributed by atoms with E-state index in [2.05, 4.69) is 10.0 Å². The van der Waals surface area contributed by atoms with Gasteiger partial charge in [0, 0.05) is 26.1 Å². The maximum absolute atomic E-state index is 12.6. The lowest BCUT2D eigenvalue weighted by Crippen LogP contribution is -2.42. The molecular formula is C21H33N3O4S. The van der Waals surface area contributed by atoms with Gasteiger partial charge in [0.1, 0.15) is 0 Å². The van der Waals surface area contributed by atoms with Gasteiger partial charge in [-0.05, 0) is 61.8 Å². The van der Waals surface area contributed by atoms with Crippen LogP contribution in [0.4, 0.5) is 0 Å². The maximum Gasteiger partial charge on any atom is 0.240 e. The number of aryl methyl sites for hydroxylation is 2. The van der Waals surface area contributed by atoms with E-state index < -0.39 is 10.0 Å². The third-order valence-electron chi connectivity index (χ3n) is 5.01. The summed E-state index contributed by atoms with van der Waals surface area (Å²) in [7, 11) is -3.66. The number of carbonyl (C=O) groups excluding carboxylic acids is 2. The Morgan fingerprint density at radius 1 is 1.03 bits per heavy atom. The highest BCUT2D eigenvalue weighted by Gasteiger charge is 2.20. The van der Waals surface area contributed by atoms with Crippen LogP contribution < -0.4 is 10.0 Å². The smallest absolute Gasteiger partial charge is 0.240 e. The van der Waals surface area contributed by atoms with Gasteiger partial charge in [0.05, 0.1) is 11.4 Å². The van der Waals surface area contributed by atoms with Crippen molar-refractivity contribution in [1.29, 1.82) is 0 Å². The van der Waals surface area contributed by atoms with Crippen molar-refractivity contribution < 1.29 is 18.0 Å². The molecule has 2 amide bonds. The molecule has 1 aliphatic rings. The van der Waals surface area contributed by atoms with Gasteiger partial charge in [-0.15, -0.1) is 0 Å². The molecule has 1 aromatic rings. The topological polar surface area (TPSA) is 95.6 Å². The lowest BCUT2D eigenvalue weighted by atomic mass is 9.92. The Hall–Kier alpha value is -1.93. The minimum Gasteiger partial charge on any atom is -0.355 e. The van der Waals surface area contributed by atoms with Crippen molar-refractivity contribution in [1.82, 2.24) is 14.9 Å². The van der Waals surface area contributed by atoms with Crippen molar-refractivity contribution in [2.45, 2.75) is 63.7 Å². The van der Waals surface area contributed by atoms with Gasteiger partial charge in [-0.25, -0.2) is 13.1 Å². The molecule has 0 saturated heterocycles. The number of sulfonamides is 1. The first-order valence-corrected chi connectivity index (χ1v) is 12.0. The normalized spacial score (nSPS) is 13.6. The summed E-state index contributed by atoms with van der Waals surface area (Å²) in [6.07, 6.45) is 5.71. The number of amides is 2. The number of carbonyl (C=O) groups is 2. The van der Waals surface area contributed by atoms with Crippen molar-refractivity contribution >= 4 is 21.8 Å². The molecule has 162 valence electrons. The number of fused-ring (bicyclic) bond motifs is 1. The Kier molecular flexibility index (Phi) is 9.10. The summed E-state index contributed by atoms with van der Waals surface area (Å²) in [5, 5.41) is 2.76. The molecule has 1 aromatic carbocycles. The predicted molar refractivity (Wildman–Crippen MR) is 113 cm³/mol. The highest BCUT2D eigenvalue weighted by atomic mass is 32.2. The van der Waals surface area contributed by atoms with Crippen LogP contribution >= 0.6 is 0 Å². The average Bonchev–Trinajstić information content (AvgIpc) is 2.71. The first-order valence-electron chi connectivity index (χ1n) is 10.5. The van der Waals surface area contributed by atoms with E-state index in [1.807, 2.05) is 19.9 Å². The summed E-state index contributed by atoms with van der Waals surface area (Å²) in [4.78, 5) is 26.1. The van der Waals surface area contributed by atoms with Gasteiger partial charge in [0.15, 0.2) is 0 Å². The fourth-order valence-corrected chi connectivity index (χ4v) is 4.55. The fraction of sp³-hybridized carbons (Fsp3) is 0.619. The van der Waals surface area contributed by atoms with Gasteiger partial charge in [-0.1, -0.05) is 19.9 Å². The van der Waals surface area contributed by atoms with Gasteiger partial charge in [0.2, 0.25) is 21.8 Å². The van der Waals surface area contributed by atoms with Crippen LogP contribution in [0.2, 0.25) is 0 Å². The van der Waals surface area contributed by atoms with E-state index in [0.717, 1.165) is 44.1 Å². The summed E-state index contributed by atoms with van der Waals surface area (Å²) in [5.74, 6) is -0.421. The van der Waals surface area contributed by atoms with Gasteiger partial charge in [-0.3, -0.25) is 9.59 Å². The first-order chi connectivity index (χ1) is 13.9. The van der Waals surface area contributed by atoms with E-state index in [9.17, 15) is 18.0 Å². The second-order valence-corrected chi connectivity index (χ2v) is 9.22. The molecule has 0 fully saturated rings. The molecule has 2 N–H and O–H groups in total. The Morgan fingerprint density at radius 2 is 1.76 bits per heavy atom. The number of hydrogen-bond acceptors (Lipinski definition) is 4. The molecule has 29 heavy (non-hydrogen) atoms. The zero-order chi connectivity index (χ0) is 21.3. The van der Waals surface area contributed by atoms with Crippen molar-refractivity contribution in [3.63, 3.8) is 0 Å². The monoisotopic (exact) mass is 423 g/mol. The quantitative estimate of drug-likeness (QED) is 0.569. The van der Waals surface area contributed by atoms with Crippen LogP contribution in [0.25, 0.3) is 0 Å². The third-order valence-corrected chi connectivity index (χ3v) is 6.47. The highest BCUT2D eigenvalue weighted by molar-refractivity contribution is 7.89. The molecule has 0 radical (unpaired) electrons. The third kappa shape index (κ3) is 7.12. The molecule has 0 bridgehead atoms. The molecule has 0 aromatic heterocycles. The molecule has 7 nitrogen and oxygen atoms in total. The summed E-state index contributed by atoms with van der Waals surface area (Å²) in [6.45, 7) is 4.95. The predicted octanol–water partition coefficient (Wildman–Crippen LogP) is 2.00. The molecule has 0 atom stereocenters. The van der Waals surface area contributed by atoms with Crippen LogP contribution in [0.3, 0.4) is 0 Å². The Bertz CT molecular complexity index is 808. The highest BCUT2D eigenvalue weighted by Crippen LogP contribution is 2.24. The van der Waals surface area contributed by atoms with Crippen LogP contribution in [-0.4, -0.2) is 51.3 Å². The SMILES string of the molecule is CCCNC(=O)CN(CCC)C(=O)CCNS(=O)(=O)c1ccc2c(c1)CCCC2. The van der Waals surface area contributed by atoms with Gasteiger partial charge < -0.3 is 10.2 Å². The van der Waals surface area contributed by atoms with E-state index in [-0.39, 0.29) is 36.2 Å². The lowest BCUT2D eigenvalue weighted by molar-refractivity contribution is -0.136. The van der Waals surface area contributed by atoms with E-state index in [1.54, 1.807) is 12.1 Å². The van der Waals surface area contributed by atoms with Crippen LogP contribution in [-0.2, 0) is 32.5 Å². The Morgan fingerprint density at radius 3 is 2.45 bits per heavy atom. The average molecular weight is 424 g/mol. The molecule has 8 heteroatoms. The summed E-state index contributed by atoms with van der Waals surface area (Å²) in [5.41, 5.74) is 2.32. The fourth-order valence-electron chi connectivity index (χ4n) is 3.47. The van der Waals surface area contributed by atoms with Crippen molar-refractivity contribution in [3.05, 3.63) is 29.3 Å². The van der Waals surface area contributed by atoms with Crippen molar-refractivity contribution in [3.8, 4) is 0 Å². The first kappa shape index (κ1) is 23.3. The molecule has 0 aliphatic heterocycles. The Balaban J connectivity index is 1.90. The minimum atomic E-state index is -3.66. The zero-order valence-corrected chi connectivity index (χ0v) is 18.3. The Labute approximate surface area is 174 Å². The van der Waals surface area contributed by atoms with Crippen LogP contribution in [0.15, 0.2) is 23.1 Å². The molecule has 0 unspecified atom stereocenters.